The van der Waals surface area contributed by atoms with E-state index in [1.807, 2.05) is 16.7 Å². The minimum absolute atomic E-state index is 0.00458. The Morgan fingerprint density at radius 3 is 2.32 bits per heavy atom. The molecule has 4 fully saturated rings. The lowest BCUT2D eigenvalue weighted by molar-refractivity contribution is -0.160. The highest BCUT2D eigenvalue weighted by Gasteiger charge is 2.49. The topological polar surface area (TPSA) is 84.0 Å². The van der Waals surface area contributed by atoms with Gasteiger partial charge in [0.05, 0.1) is 17.3 Å². The van der Waals surface area contributed by atoms with E-state index in [2.05, 4.69) is 0 Å². The lowest BCUT2D eigenvalue weighted by atomic mass is 9.69. The summed E-state index contributed by atoms with van der Waals surface area (Å²) in [5.41, 5.74) is 0. The van der Waals surface area contributed by atoms with Gasteiger partial charge >= 0.3 is 0 Å². The maximum absolute atomic E-state index is 13.4. The predicted octanol–water partition coefficient (Wildman–Crippen LogP) is 2.39. The van der Waals surface area contributed by atoms with Crippen LogP contribution in [0.4, 0.5) is 0 Å². The molecule has 0 aromatic heterocycles. The second-order valence-corrected chi connectivity index (χ2v) is 12.7. The molecule has 0 N–H and O–H groups in total. The summed E-state index contributed by atoms with van der Waals surface area (Å²) in [4.78, 5) is 29.8. The van der Waals surface area contributed by atoms with Gasteiger partial charge in [-0.05, 0) is 63.7 Å². The first-order chi connectivity index (χ1) is 14.7. The average molecular weight is 455 g/mol. The highest BCUT2D eigenvalue weighted by atomic mass is 32.2. The van der Waals surface area contributed by atoms with Crippen molar-refractivity contribution < 1.29 is 22.7 Å². The van der Waals surface area contributed by atoms with Gasteiger partial charge < -0.3 is 14.5 Å². The fraction of sp³-hybridized carbons (Fsp3) is 0.913. The number of amides is 2. The summed E-state index contributed by atoms with van der Waals surface area (Å²) >= 11 is 0. The maximum atomic E-state index is 13.4. The quantitative estimate of drug-likeness (QED) is 0.654. The van der Waals surface area contributed by atoms with Gasteiger partial charge in [0.1, 0.15) is 15.9 Å². The molecule has 6 unspecified atom stereocenters. The second-order valence-electron chi connectivity index (χ2n) is 10.4. The van der Waals surface area contributed by atoms with Crippen LogP contribution < -0.4 is 0 Å². The predicted molar refractivity (Wildman–Crippen MR) is 118 cm³/mol. The minimum atomic E-state index is -3.02. The monoisotopic (exact) mass is 454 g/mol. The van der Waals surface area contributed by atoms with Crippen molar-refractivity contribution in [2.45, 2.75) is 101 Å². The van der Waals surface area contributed by atoms with Gasteiger partial charge in [0.25, 0.3) is 5.91 Å². The highest BCUT2D eigenvalue weighted by molar-refractivity contribution is 7.91. The summed E-state index contributed by atoms with van der Waals surface area (Å²) in [6.45, 7) is 4.88. The number of nitrogens with zero attached hydrogens (tertiary/aromatic N) is 2. The number of fused-ring (bicyclic) bond motifs is 1. The normalized spacial score (nSPS) is 39.3. The van der Waals surface area contributed by atoms with E-state index in [1.54, 1.807) is 6.92 Å². The van der Waals surface area contributed by atoms with E-state index in [0.29, 0.717) is 25.0 Å². The van der Waals surface area contributed by atoms with E-state index in [4.69, 9.17) is 4.74 Å². The molecule has 8 heteroatoms. The van der Waals surface area contributed by atoms with Crippen molar-refractivity contribution >= 4 is 21.7 Å². The summed E-state index contributed by atoms with van der Waals surface area (Å²) < 4.78 is 30.1. The van der Waals surface area contributed by atoms with Crippen LogP contribution in [0.5, 0.6) is 0 Å². The largest absolute Gasteiger partial charge is 0.368 e. The molecule has 2 saturated carbocycles. The van der Waals surface area contributed by atoms with Crippen LogP contribution in [-0.4, -0.2) is 78.9 Å². The third kappa shape index (κ3) is 4.65. The summed E-state index contributed by atoms with van der Waals surface area (Å²) in [7, 11) is -3.02. The van der Waals surface area contributed by atoms with Crippen LogP contribution in [0.15, 0.2) is 0 Å². The number of hydrogen-bond acceptors (Lipinski definition) is 5. The fourth-order valence-corrected chi connectivity index (χ4v) is 8.03. The lowest BCUT2D eigenvalue weighted by Crippen LogP contribution is -2.68. The van der Waals surface area contributed by atoms with Crippen molar-refractivity contribution in [3.8, 4) is 0 Å². The van der Waals surface area contributed by atoms with Gasteiger partial charge in [-0.25, -0.2) is 8.42 Å². The third-order valence-electron chi connectivity index (χ3n) is 8.31. The van der Waals surface area contributed by atoms with Crippen LogP contribution in [0.3, 0.4) is 0 Å². The van der Waals surface area contributed by atoms with Crippen LogP contribution in [0, 0.1) is 11.8 Å². The van der Waals surface area contributed by atoms with E-state index in [9.17, 15) is 18.0 Å². The number of carbonyl (C=O) groups is 2. The first kappa shape index (κ1) is 23.0. The van der Waals surface area contributed by atoms with Gasteiger partial charge in [-0.1, -0.05) is 12.8 Å². The zero-order chi connectivity index (χ0) is 22.3. The number of rotatable bonds is 3. The van der Waals surface area contributed by atoms with Gasteiger partial charge in [0, 0.05) is 32.4 Å². The molecule has 7 nitrogen and oxygen atoms in total. The summed E-state index contributed by atoms with van der Waals surface area (Å²) in [5.74, 6) is 0.966. The van der Waals surface area contributed by atoms with Crippen molar-refractivity contribution in [2.75, 3.05) is 19.4 Å². The van der Waals surface area contributed by atoms with Crippen molar-refractivity contribution in [3.05, 3.63) is 0 Å². The molecule has 0 spiro atoms. The van der Waals surface area contributed by atoms with Crippen molar-refractivity contribution in [1.82, 2.24) is 9.80 Å². The molecule has 2 amide bonds. The molecular formula is C23H38N2O5S. The van der Waals surface area contributed by atoms with Crippen molar-refractivity contribution in [2.24, 2.45) is 11.8 Å². The first-order valence-electron chi connectivity index (χ1n) is 12.1. The molecule has 2 saturated heterocycles. The molecule has 176 valence electrons. The Kier molecular flexibility index (Phi) is 6.69. The number of carbonyl (C=O) groups excluding carboxylic acids is 2. The Balaban J connectivity index is 1.54. The zero-order valence-electron chi connectivity index (χ0n) is 19.2. The molecule has 4 rings (SSSR count). The summed E-state index contributed by atoms with van der Waals surface area (Å²) in [5, 5.41) is -0.228. The average Bonchev–Trinajstić information content (AvgIpc) is 3.26. The SMILES string of the molecule is CC(=O)N1C2CCC(C3CCCC(S(C)(=O)=O)C3)CC2N(C(=O)C2CCCO2)C[C@@H]1C. The Labute approximate surface area is 186 Å². The Morgan fingerprint density at radius 1 is 0.935 bits per heavy atom. The van der Waals surface area contributed by atoms with Crippen LogP contribution in [0.2, 0.25) is 0 Å². The standard InChI is InChI=1S/C23H38N2O5S/c1-15-14-24(23(27)22-8-5-11-30-22)21-13-18(9-10-20(21)25(15)16(2)26)17-6-4-7-19(12-17)31(3,28)29/h15,17-22H,4-14H2,1-3H3/t15-,17?,18?,19?,20?,21?,22?/m0/s1. The van der Waals surface area contributed by atoms with Crippen LogP contribution in [0.25, 0.3) is 0 Å². The van der Waals surface area contributed by atoms with E-state index in [-0.39, 0.29) is 41.3 Å². The summed E-state index contributed by atoms with van der Waals surface area (Å²) in [6.07, 6.45) is 9.01. The molecule has 4 aliphatic rings. The molecule has 31 heavy (non-hydrogen) atoms. The molecular weight excluding hydrogens is 416 g/mol. The van der Waals surface area contributed by atoms with E-state index in [1.165, 1.54) is 6.26 Å². The molecule has 0 radical (unpaired) electrons. The van der Waals surface area contributed by atoms with Gasteiger partial charge in [-0.2, -0.15) is 0 Å². The number of sulfone groups is 1. The Hall–Kier alpha value is -1.15. The zero-order valence-corrected chi connectivity index (χ0v) is 20.0. The number of hydrogen-bond donors (Lipinski definition) is 0. The van der Waals surface area contributed by atoms with Crippen LogP contribution in [-0.2, 0) is 24.2 Å². The number of piperazine rings is 1. The minimum Gasteiger partial charge on any atom is -0.368 e. The molecule has 2 heterocycles. The van der Waals surface area contributed by atoms with Gasteiger partial charge in [-0.3, -0.25) is 9.59 Å². The van der Waals surface area contributed by atoms with Gasteiger partial charge in [0.2, 0.25) is 5.91 Å². The van der Waals surface area contributed by atoms with Crippen molar-refractivity contribution in [3.63, 3.8) is 0 Å². The molecule has 0 aromatic rings. The molecule has 2 aliphatic heterocycles. The van der Waals surface area contributed by atoms with E-state index < -0.39 is 9.84 Å². The van der Waals surface area contributed by atoms with Gasteiger partial charge in [-0.15, -0.1) is 0 Å². The third-order valence-corrected chi connectivity index (χ3v) is 9.94. The molecule has 0 bridgehead atoms. The Morgan fingerprint density at radius 2 is 1.68 bits per heavy atom. The molecule has 0 aromatic carbocycles. The number of ether oxygens (including phenoxy) is 1. The Bertz CT molecular complexity index is 794. The van der Waals surface area contributed by atoms with Gasteiger partial charge in [0.15, 0.2) is 0 Å². The summed E-state index contributed by atoms with van der Waals surface area (Å²) in [6, 6.07) is 0.0660. The molecule has 2 aliphatic carbocycles. The first-order valence-corrected chi connectivity index (χ1v) is 14.0. The maximum Gasteiger partial charge on any atom is 0.252 e. The van der Waals surface area contributed by atoms with Crippen molar-refractivity contribution in [1.29, 1.82) is 0 Å². The highest BCUT2D eigenvalue weighted by Crippen LogP contribution is 2.44. The lowest BCUT2D eigenvalue weighted by Gasteiger charge is -2.55. The fourth-order valence-electron chi connectivity index (χ4n) is 6.84. The smallest absolute Gasteiger partial charge is 0.252 e. The second kappa shape index (κ2) is 9.00. The van der Waals surface area contributed by atoms with E-state index in [0.717, 1.165) is 57.8 Å². The van der Waals surface area contributed by atoms with Crippen LogP contribution in [0.1, 0.15) is 71.6 Å². The van der Waals surface area contributed by atoms with Crippen LogP contribution >= 0.6 is 0 Å². The molecule has 7 atom stereocenters. The van der Waals surface area contributed by atoms with E-state index >= 15 is 0 Å².